The lowest BCUT2D eigenvalue weighted by Crippen LogP contribution is -2.52. The number of carbonyl (C=O) groups excluding carboxylic acids is 2. The Morgan fingerprint density at radius 3 is 2.66 bits per heavy atom. The molecule has 29 heavy (non-hydrogen) atoms. The predicted molar refractivity (Wildman–Crippen MR) is 118 cm³/mol. The van der Waals surface area contributed by atoms with E-state index in [4.69, 9.17) is 33.3 Å². The van der Waals surface area contributed by atoms with Crippen LogP contribution >= 0.6 is 39.7 Å². The third-order valence-electron chi connectivity index (χ3n) is 4.23. The third-order valence-corrected chi connectivity index (χ3v) is 5.66. The van der Waals surface area contributed by atoms with Crippen LogP contribution in [-0.2, 0) is 16.2 Å². The Morgan fingerprint density at radius 2 is 1.97 bits per heavy atom. The Kier molecular flexibility index (Phi) is 6.56. The number of hydrogen-bond donors (Lipinski definition) is 1. The highest BCUT2D eigenvalue weighted by Gasteiger charge is 2.31. The summed E-state index contributed by atoms with van der Waals surface area (Å²) in [5.74, 6) is -0.106. The van der Waals surface area contributed by atoms with Crippen LogP contribution < -0.4 is 14.8 Å². The van der Waals surface area contributed by atoms with Crippen LogP contribution in [0.15, 0.2) is 46.4 Å². The fourth-order valence-electron chi connectivity index (χ4n) is 2.61. The smallest absolute Gasteiger partial charge is 0.265 e. The first kappa shape index (κ1) is 21.3. The standard InChI is InChI=1S/C20H16BrClN2O4S/c1-24-19(26)13(18(25)23-20(24)29)7-12-8-16(27-2)17(9-14(12)21)28-10-11-5-3-4-6-15(11)22/h3-9H,10H2,1-2H3,(H,23,25,29)/b13-7+. The zero-order valence-electron chi connectivity index (χ0n) is 15.5. The molecule has 9 heteroatoms. The molecule has 0 aromatic heterocycles. The van der Waals surface area contributed by atoms with E-state index in [0.717, 1.165) is 5.56 Å². The Bertz CT molecular complexity index is 1040. The highest BCUT2D eigenvalue weighted by molar-refractivity contribution is 9.10. The number of ether oxygens (including phenoxy) is 2. The number of thiocarbonyl (C=S) groups is 1. The molecule has 6 nitrogen and oxygen atoms in total. The molecule has 1 aliphatic heterocycles. The molecule has 150 valence electrons. The molecule has 0 aliphatic carbocycles. The van der Waals surface area contributed by atoms with E-state index in [1.807, 2.05) is 18.2 Å². The van der Waals surface area contributed by atoms with Gasteiger partial charge in [-0.1, -0.05) is 45.7 Å². The molecule has 1 N–H and O–H groups in total. The van der Waals surface area contributed by atoms with Crippen LogP contribution in [0.25, 0.3) is 6.08 Å². The second kappa shape index (κ2) is 8.94. The Balaban J connectivity index is 1.90. The maximum Gasteiger partial charge on any atom is 0.265 e. The second-order valence-electron chi connectivity index (χ2n) is 6.09. The van der Waals surface area contributed by atoms with Crippen molar-refractivity contribution in [2.75, 3.05) is 14.2 Å². The number of nitrogens with zero attached hydrogens (tertiary/aromatic N) is 1. The molecule has 0 spiro atoms. The van der Waals surface area contributed by atoms with Crippen LogP contribution in [-0.4, -0.2) is 36.0 Å². The fraction of sp³-hybridized carbons (Fsp3) is 0.150. The van der Waals surface area contributed by atoms with Crippen molar-refractivity contribution in [1.82, 2.24) is 10.2 Å². The number of benzene rings is 2. The van der Waals surface area contributed by atoms with E-state index in [1.165, 1.54) is 25.1 Å². The average Bonchev–Trinajstić information content (AvgIpc) is 2.70. The van der Waals surface area contributed by atoms with Gasteiger partial charge in [0.1, 0.15) is 12.2 Å². The first-order valence-corrected chi connectivity index (χ1v) is 9.98. The van der Waals surface area contributed by atoms with Gasteiger partial charge in [-0.2, -0.15) is 0 Å². The SMILES string of the molecule is COc1cc(/C=C2\C(=O)NC(=S)N(C)C2=O)c(Br)cc1OCc1ccccc1Cl. The predicted octanol–water partition coefficient (Wildman–Crippen LogP) is 3.95. The monoisotopic (exact) mass is 494 g/mol. The highest BCUT2D eigenvalue weighted by atomic mass is 79.9. The number of halogens is 2. The van der Waals surface area contributed by atoms with Crippen LogP contribution in [0.2, 0.25) is 5.02 Å². The Labute approximate surface area is 186 Å². The number of hydrogen-bond acceptors (Lipinski definition) is 5. The molecular weight excluding hydrogens is 480 g/mol. The van der Waals surface area contributed by atoms with Crippen LogP contribution in [0.1, 0.15) is 11.1 Å². The molecule has 2 aromatic rings. The Morgan fingerprint density at radius 1 is 1.24 bits per heavy atom. The summed E-state index contributed by atoms with van der Waals surface area (Å²) >= 11 is 14.6. The minimum Gasteiger partial charge on any atom is -0.493 e. The number of likely N-dealkylation sites (N-methyl/N-ethyl adjacent to an activating group) is 1. The summed E-state index contributed by atoms with van der Waals surface area (Å²) < 4.78 is 11.9. The summed E-state index contributed by atoms with van der Waals surface area (Å²) in [6.07, 6.45) is 1.47. The van der Waals surface area contributed by atoms with Crippen molar-refractivity contribution in [3.8, 4) is 11.5 Å². The molecule has 3 rings (SSSR count). The summed E-state index contributed by atoms with van der Waals surface area (Å²) in [5.41, 5.74) is 1.38. The van der Waals surface area contributed by atoms with E-state index in [1.54, 1.807) is 18.2 Å². The molecule has 0 radical (unpaired) electrons. The lowest BCUT2D eigenvalue weighted by atomic mass is 10.1. The maximum atomic E-state index is 12.4. The minimum absolute atomic E-state index is 0.0337. The van der Waals surface area contributed by atoms with Gasteiger partial charge in [-0.15, -0.1) is 0 Å². The average molecular weight is 496 g/mol. The lowest BCUT2D eigenvalue weighted by Gasteiger charge is -2.25. The van der Waals surface area contributed by atoms with E-state index < -0.39 is 11.8 Å². The summed E-state index contributed by atoms with van der Waals surface area (Å²) in [6.45, 7) is 0.256. The zero-order chi connectivity index (χ0) is 21.1. The highest BCUT2D eigenvalue weighted by Crippen LogP contribution is 2.35. The van der Waals surface area contributed by atoms with Crippen molar-refractivity contribution in [3.05, 3.63) is 62.6 Å². The lowest BCUT2D eigenvalue weighted by molar-refractivity contribution is -0.128. The second-order valence-corrected chi connectivity index (χ2v) is 7.73. The van der Waals surface area contributed by atoms with Crippen molar-refractivity contribution in [1.29, 1.82) is 0 Å². The van der Waals surface area contributed by atoms with Crippen LogP contribution in [0, 0.1) is 0 Å². The number of rotatable bonds is 5. The summed E-state index contributed by atoms with van der Waals surface area (Å²) in [4.78, 5) is 25.8. The van der Waals surface area contributed by atoms with Gasteiger partial charge in [0.2, 0.25) is 0 Å². The van der Waals surface area contributed by atoms with Gasteiger partial charge in [-0.3, -0.25) is 19.8 Å². The minimum atomic E-state index is -0.553. The number of methoxy groups -OCH3 is 1. The van der Waals surface area contributed by atoms with E-state index >= 15 is 0 Å². The van der Waals surface area contributed by atoms with Crippen molar-refractivity contribution < 1.29 is 19.1 Å². The number of amides is 2. The van der Waals surface area contributed by atoms with Crippen molar-refractivity contribution >= 4 is 62.8 Å². The van der Waals surface area contributed by atoms with Crippen LogP contribution in [0.5, 0.6) is 11.5 Å². The van der Waals surface area contributed by atoms with Gasteiger partial charge in [0, 0.05) is 22.1 Å². The molecular formula is C20H16BrClN2O4S. The largest absolute Gasteiger partial charge is 0.493 e. The molecule has 2 amide bonds. The van der Waals surface area contributed by atoms with Gasteiger partial charge in [0.15, 0.2) is 16.6 Å². The third kappa shape index (κ3) is 4.60. The molecule has 0 saturated carbocycles. The van der Waals surface area contributed by atoms with Gasteiger partial charge in [0.05, 0.1) is 7.11 Å². The maximum absolute atomic E-state index is 12.4. The fourth-order valence-corrected chi connectivity index (χ4v) is 3.41. The van der Waals surface area contributed by atoms with Gasteiger partial charge in [-0.25, -0.2) is 0 Å². The van der Waals surface area contributed by atoms with Crippen LogP contribution in [0.4, 0.5) is 0 Å². The molecule has 0 atom stereocenters. The first-order chi connectivity index (χ1) is 13.8. The van der Waals surface area contributed by atoms with Crippen LogP contribution in [0.3, 0.4) is 0 Å². The van der Waals surface area contributed by atoms with E-state index in [2.05, 4.69) is 21.2 Å². The van der Waals surface area contributed by atoms with E-state index in [0.29, 0.717) is 26.6 Å². The molecule has 1 aliphatic rings. The summed E-state index contributed by atoms with van der Waals surface area (Å²) in [5, 5.41) is 3.15. The van der Waals surface area contributed by atoms with E-state index in [-0.39, 0.29) is 17.3 Å². The molecule has 0 unspecified atom stereocenters. The van der Waals surface area contributed by atoms with Crippen molar-refractivity contribution in [2.24, 2.45) is 0 Å². The Hall–Kier alpha value is -2.42. The molecule has 1 heterocycles. The molecule has 1 fully saturated rings. The van der Waals surface area contributed by atoms with E-state index in [9.17, 15) is 9.59 Å². The zero-order valence-corrected chi connectivity index (χ0v) is 18.7. The molecule has 1 saturated heterocycles. The first-order valence-electron chi connectivity index (χ1n) is 8.40. The van der Waals surface area contributed by atoms with Gasteiger partial charge in [-0.05, 0) is 42.1 Å². The van der Waals surface area contributed by atoms with Crippen molar-refractivity contribution in [2.45, 2.75) is 6.61 Å². The number of nitrogens with one attached hydrogen (secondary N) is 1. The van der Waals surface area contributed by atoms with Gasteiger partial charge >= 0.3 is 0 Å². The summed E-state index contributed by atoms with van der Waals surface area (Å²) in [7, 11) is 3.01. The molecule has 0 bridgehead atoms. The van der Waals surface area contributed by atoms with Gasteiger partial charge < -0.3 is 9.47 Å². The summed E-state index contributed by atoms with van der Waals surface area (Å²) in [6, 6.07) is 10.8. The quantitative estimate of drug-likeness (QED) is 0.387. The number of carbonyl (C=O) groups is 2. The van der Waals surface area contributed by atoms with Gasteiger partial charge in [0.25, 0.3) is 11.8 Å². The molecule has 2 aromatic carbocycles. The normalized spacial score (nSPS) is 15.5. The van der Waals surface area contributed by atoms with Crippen molar-refractivity contribution in [3.63, 3.8) is 0 Å². The topological polar surface area (TPSA) is 67.9 Å².